The summed E-state index contributed by atoms with van der Waals surface area (Å²) >= 11 is 0. The number of likely N-dealkylation sites (tertiary alicyclic amines) is 1. The molecule has 7 nitrogen and oxygen atoms in total. The van der Waals surface area contributed by atoms with Crippen LogP contribution >= 0.6 is 0 Å². The fourth-order valence-electron chi connectivity index (χ4n) is 4.08. The normalized spacial score (nSPS) is 16.4. The number of aliphatic imine (C=N–C) groups is 1. The Morgan fingerprint density at radius 3 is 2.60 bits per heavy atom. The Morgan fingerprint density at radius 1 is 1.13 bits per heavy atom. The maximum atomic E-state index is 5.86. The van der Waals surface area contributed by atoms with E-state index in [1.807, 2.05) is 25.2 Å². The molecule has 1 fully saturated rings. The third-order valence-corrected chi connectivity index (χ3v) is 5.74. The summed E-state index contributed by atoms with van der Waals surface area (Å²) in [6.07, 6.45) is 2.39. The standard InChI is InChI=1S/C23H35N7/c1-26-21-5-3-19(13-18(21)15-25)29-20-4-6-22(23(14-20)27-2)28-10-12-30-11-8-17(16-30)7-9-24/h3-6,13-14,17,26,28-29H,2,7-12,15-16,24-25H2,1H3. The van der Waals surface area contributed by atoms with Gasteiger partial charge in [-0.25, -0.2) is 0 Å². The maximum absolute atomic E-state index is 5.86. The minimum atomic E-state index is 0.484. The summed E-state index contributed by atoms with van der Waals surface area (Å²) < 4.78 is 0. The number of nitrogens with zero attached hydrogens (tertiary/aromatic N) is 2. The van der Waals surface area contributed by atoms with E-state index in [0.717, 1.165) is 72.5 Å². The zero-order valence-corrected chi connectivity index (χ0v) is 18.0. The van der Waals surface area contributed by atoms with Gasteiger partial charge in [0.05, 0.1) is 11.4 Å². The molecule has 0 aliphatic carbocycles. The van der Waals surface area contributed by atoms with E-state index in [-0.39, 0.29) is 0 Å². The highest BCUT2D eigenvalue weighted by Crippen LogP contribution is 2.30. The van der Waals surface area contributed by atoms with Gasteiger partial charge in [-0.15, -0.1) is 0 Å². The van der Waals surface area contributed by atoms with Crippen LogP contribution in [0.2, 0.25) is 0 Å². The lowest BCUT2D eigenvalue weighted by molar-refractivity contribution is 0.333. The molecule has 162 valence electrons. The molecule has 0 amide bonds. The molecule has 1 aliphatic heterocycles. The van der Waals surface area contributed by atoms with Crippen molar-refractivity contribution < 1.29 is 0 Å². The second kappa shape index (κ2) is 11.0. The van der Waals surface area contributed by atoms with Gasteiger partial charge in [-0.2, -0.15) is 0 Å². The molecular formula is C23H35N7. The van der Waals surface area contributed by atoms with Crippen molar-refractivity contribution in [2.75, 3.05) is 55.7 Å². The number of anilines is 4. The van der Waals surface area contributed by atoms with Gasteiger partial charge in [0.2, 0.25) is 0 Å². The molecule has 7 heteroatoms. The zero-order chi connectivity index (χ0) is 21.3. The number of nitrogens with one attached hydrogen (secondary N) is 3. The Hall–Kier alpha value is -2.61. The molecule has 1 saturated heterocycles. The van der Waals surface area contributed by atoms with E-state index < -0.39 is 0 Å². The quantitative estimate of drug-likeness (QED) is 0.365. The van der Waals surface area contributed by atoms with Gasteiger partial charge in [-0.1, -0.05) is 0 Å². The van der Waals surface area contributed by atoms with Crippen molar-refractivity contribution in [3.05, 3.63) is 42.0 Å². The number of hydrogen-bond donors (Lipinski definition) is 5. The van der Waals surface area contributed by atoms with Crippen LogP contribution < -0.4 is 27.4 Å². The van der Waals surface area contributed by atoms with E-state index in [1.165, 1.54) is 13.0 Å². The van der Waals surface area contributed by atoms with Crippen LogP contribution in [0, 0.1) is 5.92 Å². The van der Waals surface area contributed by atoms with Crippen molar-refractivity contribution in [3.63, 3.8) is 0 Å². The number of nitrogens with two attached hydrogens (primary N) is 2. The lowest BCUT2D eigenvalue weighted by Crippen LogP contribution is -2.27. The summed E-state index contributed by atoms with van der Waals surface area (Å²) in [5.41, 5.74) is 17.5. The summed E-state index contributed by atoms with van der Waals surface area (Å²) in [5.74, 6) is 0.757. The first kappa shape index (κ1) is 22.1. The van der Waals surface area contributed by atoms with E-state index in [9.17, 15) is 0 Å². The average molecular weight is 410 g/mol. The Morgan fingerprint density at radius 2 is 1.90 bits per heavy atom. The van der Waals surface area contributed by atoms with Crippen LogP contribution in [0.5, 0.6) is 0 Å². The topological polar surface area (TPSA) is 104 Å². The Balaban J connectivity index is 1.58. The van der Waals surface area contributed by atoms with Gasteiger partial charge < -0.3 is 32.3 Å². The summed E-state index contributed by atoms with van der Waals surface area (Å²) in [4.78, 5) is 6.72. The molecule has 2 aromatic rings. The van der Waals surface area contributed by atoms with Crippen molar-refractivity contribution in [1.82, 2.24) is 4.90 Å². The molecule has 1 atom stereocenters. The van der Waals surface area contributed by atoms with Crippen LogP contribution in [0.25, 0.3) is 0 Å². The Labute approximate surface area is 179 Å². The molecular weight excluding hydrogens is 374 g/mol. The highest BCUT2D eigenvalue weighted by atomic mass is 15.2. The first-order chi connectivity index (χ1) is 14.7. The molecule has 1 heterocycles. The zero-order valence-electron chi connectivity index (χ0n) is 18.0. The molecule has 1 aliphatic rings. The highest BCUT2D eigenvalue weighted by molar-refractivity contribution is 5.75. The molecule has 2 aromatic carbocycles. The van der Waals surface area contributed by atoms with Crippen LogP contribution in [0.4, 0.5) is 28.4 Å². The lowest BCUT2D eigenvalue weighted by Gasteiger charge is -2.18. The summed E-state index contributed by atoms with van der Waals surface area (Å²) in [6.45, 7) is 9.25. The largest absolute Gasteiger partial charge is 0.388 e. The minimum Gasteiger partial charge on any atom is -0.388 e. The average Bonchev–Trinajstić information content (AvgIpc) is 3.22. The predicted octanol–water partition coefficient (Wildman–Crippen LogP) is 3.35. The molecule has 0 aromatic heterocycles. The van der Waals surface area contributed by atoms with Crippen LogP contribution in [0.15, 0.2) is 41.4 Å². The first-order valence-electron chi connectivity index (χ1n) is 10.7. The fraction of sp³-hybridized carbons (Fsp3) is 0.435. The monoisotopic (exact) mass is 409 g/mol. The van der Waals surface area contributed by atoms with E-state index in [2.05, 4.69) is 50.8 Å². The van der Waals surface area contributed by atoms with E-state index in [0.29, 0.717) is 6.54 Å². The van der Waals surface area contributed by atoms with Gasteiger partial charge in [0.25, 0.3) is 0 Å². The minimum absolute atomic E-state index is 0.484. The van der Waals surface area contributed by atoms with Gasteiger partial charge in [0, 0.05) is 50.3 Å². The van der Waals surface area contributed by atoms with Crippen LogP contribution in [0.3, 0.4) is 0 Å². The van der Waals surface area contributed by atoms with Gasteiger partial charge >= 0.3 is 0 Å². The van der Waals surface area contributed by atoms with Gasteiger partial charge in [-0.3, -0.25) is 4.99 Å². The molecule has 0 radical (unpaired) electrons. The second-order valence-electron chi connectivity index (χ2n) is 7.80. The highest BCUT2D eigenvalue weighted by Gasteiger charge is 2.21. The van der Waals surface area contributed by atoms with Gasteiger partial charge in [-0.05, 0) is 80.5 Å². The van der Waals surface area contributed by atoms with E-state index in [1.54, 1.807) is 0 Å². The van der Waals surface area contributed by atoms with Crippen molar-refractivity contribution in [2.45, 2.75) is 19.4 Å². The second-order valence-corrected chi connectivity index (χ2v) is 7.80. The molecule has 30 heavy (non-hydrogen) atoms. The predicted molar refractivity (Wildman–Crippen MR) is 130 cm³/mol. The molecule has 1 unspecified atom stereocenters. The van der Waals surface area contributed by atoms with Crippen molar-refractivity contribution in [2.24, 2.45) is 22.4 Å². The van der Waals surface area contributed by atoms with E-state index in [4.69, 9.17) is 11.5 Å². The van der Waals surface area contributed by atoms with Gasteiger partial charge in [0.15, 0.2) is 0 Å². The molecule has 0 bridgehead atoms. The summed E-state index contributed by atoms with van der Waals surface area (Å²) in [6, 6.07) is 12.2. The third-order valence-electron chi connectivity index (χ3n) is 5.74. The third kappa shape index (κ3) is 5.72. The Bertz CT molecular complexity index is 836. The van der Waals surface area contributed by atoms with E-state index >= 15 is 0 Å². The lowest BCUT2D eigenvalue weighted by atomic mass is 10.1. The number of rotatable bonds is 11. The smallest absolute Gasteiger partial charge is 0.0874 e. The molecule has 0 spiro atoms. The first-order valence-corrected chi connectivity index (χ1v) is 10.7. The van der Waals surface area contributed by atoms with Gasteiger partial charge in [0.1, 0.15) is 0 Å². The molecule has 0 saturated carbocycles. The Kier molecular flexibility index (Phi) is 8.07. The summed E-state index contributed by atoms with van der Waals surface area (Å²) in [7, 11) is 1.90. The van der Waals surface area contributed by atoms with Crippen LogP contribution in [-0.2, 0) is 6.54 Å². The summed E-state index contributed by atoms with van der Waals surface area (Å²) in [5, 5.41) is 10.1. The van der Waals surface area contributed by atoms with Crippen molar-refractivity contribution in [3.8, 4) is 0 Å². The van der Waals surface area contributed by atoms with Crippen molar-refractivity contribution in [1.29, 1.82) is 0 Å². The molecule has 3 rings (SSSR count). The molecule has 7 N–H and O–H groups in total. The number of benzene rings is 2. The number of hydrogen-bond acceptors (Lipinski definition) is 7. The maximum Gasteiger partial charge on any atom is 0.0874 e. The van der Waals surface area contributed by atoms with Crippen LogP contribution in [-0.4, -0.2) is 51.4 Å². The SMILES string of the molecule is C=Nc1cc(Nc2ccc(NC)c(CN)c2)ccc1NCCN1CCC(CCN)C1. The van der Waals surface area contributed by atoms with Crippen LogP contribution in [0.1, 0.15) is 18.4 Å². The van der Waals surface area contributed by atoms with Crippen molar-refractivity contribution >= 4 is 35.2 Å². The fourth-order valence-corrected chi connectivity index (χ4v) is 4.08.